The first kappa shape index (κ1) is 28.7. The maximum atomic E-state index is 13.0. The summed E-state index contributed by atoms with van der Waals surface area (Å²) in [6, 6.07) is 12.8. The molecule has 6 nitrogen and oxygen atoms in total. The lowest BCUT2D eigenvalue weighted by Gasteiger charge is -2.22. The normalized spacial score (nSPS) is 13.4. The summed E-state index contributed by atoms with van der Waals surface area (Å²) < 4.78 is 99.0. The Morgan fingerprint density at radius 2 is 1.55 bits per heavy atom. The molecule has 0 radical (unpaired) electrons. The number of carbonyl (C=O) groups excluding carboxylic acids is 1. The van der Waals surface area contributed by atoms with Crippen molar-refractivity contribution in [2.45, 2.75) is 37.8 Å². The number of hydrogen-bond donors (Lipinski definition) is 2. The molecule has 0 saturated carbocycles. The van der Waals surface area contributed by atoms with Gasteiger partial charge in [-0.15, -0.1) is 0 Å². The molecule has 3 N–H and O–H groups in total. The molecule has 0 spiro atoms. The molecule has 0 aliphatic rings. The summed E-state index contributed by atoms with van der Waals surface area (Å²) in [5.41, 5.74) is 5.42. The van der Waals surface area contributed by atoms with Gasteiger partial charge in [-0.25, -0.2) is 0 Å². The molecule has 2 aromatic carbocycles. The first-order valence-corrected chi connectivity index (χ1v) is 11.1. The molecule has 2 atom stereocenters. The number of nitrogens with zero attached hydrogens (tertiary/aromatic N) is 1. The molecule has 0 bridgehead atoms. The number of nitrogens with two attached hydrogens (primary N) is 1. The van der Waals surface area contributed by atoms with E-state index in [1.165, 1.54) is 6.07 Å². The molecule has 0 aliphatic carbocycles. The topological polar surface area (TPSA) is 86.5 Å². The number of amides is 1. The van der Waals surface area contributed by atoms with Crippen molar-refractivity contribution in [1.82, 2.24) is 10.3 Å². The fourth-order valence-electron chi connectivity index (χ4n) is 3.79. The number of hydrogen-bond acceptors (Lipinski definition) is 5. The summed E-state index contributed by atoms with van der Waals surface area (Å²) in [4.78, 5) is 15.9. The molecule has 3 aromatic rings. The number of alkyl halides is 7. The van der Waals surface area contributed by atoms with Gasteiger partial charge < -0.3 is 20.5 Å². The molecule has 204 valence electrons. The van der Waals surface area contributed by atoms with Crippen molar-refractivity contribution in [1.29, 1.82) is 0 Å². The van der Waals surface area contributed by atoms with Gasteiger partial charge in [-0.05, 0) is 48.4 Å². The number of pyridine rings is 1. The molecule has 1 heterocycles. The van der Waals surface area contributed by atoms with Crippen LogP contribution in [0.3, 0.4) is 0 Å². The third kappa shape index (κ3) is 7.81. The van der Waals surface area contributed by atoms with Crippen molar-refractivity contribution in [2.24, 2.45) is 5.73 Å². The largest absolute Gasteiger partial charge is 0.431 e. The second-order valence-electron chi connectivity index (χ2n) is 7.97. The molecule has 0 saturated heterocycles. The Morgan fingerprint density at radius 1 is 0.895 bits per heavy atom. The van der Waals surface area contributed by atoms with E-state index in [9.17, 15) is 35.5 Å². The maximum Gasteiger partial charge on any atom is 0.417 e. The second kappa shape index (κ2) is 12.6. The smallest absolute Gasteiger partial charge is 0.417 e. The predicted octanol–water partition coefficient (Wildman–Crippen LogP) is 5.64. The maximum absolute atomic E-state index is 13.0. The van der Waals surface area contributed by atoms with Gasteiger partial charge in [0.1, 0.15) is 6.04 Å². The lowest BCUT2D eigenvalue weighted by atomic mass is 9.91. The number of nitrogens with one attached hydrogen (secondary N) is 1. The van der Waals surface area contributed by atoms with Gasteiger partial charge in [-0.2, -0.15) is 30.7 Å². The van der Waals surface area contributed by atoms with Gasteiger partial charge >= 0.3 is 19.4 Å². The first-order valence-electron chi connectivity index (χ1n) is 11.1. The van der Waals surface area contributed by atoms with E-state index in [1.807, 2.05) is 0 Å². The van der Waals surface area contributed by atoms with Gasteiger partial charge in [-0.3, -0.25) is 9.78 Å². The van der Waals surface area contributed by atoms with Crippen LogP contribution in [0.2, 0.25) is 0 Å². The van der Waals surface area contributed by atoms with E-state index in [4.69, 9.17) is 5.73 Å². The summed E-state index contributed by atoms with van der Waals surface area (Å²) in [7, 11) is 0. The molecule has 3 rings (SSSR count). The minimum absolute atomic E-state index is 0.0796. The number of rotatable bonds is 12. The quantitative estimate of drug-likeness (QED) is 0.288. The van der Waals surface area contributed by atoms with Crippen molar-refractivity contribution >= 4 is 5.91 Å². The molecular weight excluding hydrogens is 523 g/mol. The Balaban J connectivity index is 1.94. The van der Waals surface area contributed by atoms with E-state index in [2.05, 4.69) is 19.8 Å². The Morgan fingerprint density at radius 3 is 2.11 bits per heavy atom. The highest BCUT2D eigenvalue weighted by atomic mass is 19.4. The van der Waals surface area contributed by atoms with Crippen LogP contribution >= 0.6 is 0 Å². The highest BCUT2D eigenvalue weighted by molar-refractivity contribution is 5.81. The fourth-order valence-corrected chi connectivity index (χ4v) is 3.79. The number of halogens is 7. The minimum atomic E-state index is -4.64. The number of ether oxygens (including phenoxy) is 2. The number of aromatic nitrogens is 1. The lowest BCUT2D eigenvalue weighted by Crippen LogP contribution is -2.34. The first-order chi connectivity index (χ1) is 18.0. The van der Waals surface area contributed by atoms with E-state index >= 15 is 0 Å². The van der Waals surface area contributed by atoms with Gasteiger partial charge in [0.05, 0.1) is 5.56 Å². The van der Waals surface area contributed by atoms with Crippen LogP contribution in [0.5, 0.6) is 11.5 Å². The highest BCUT2D eigenvalue weighted by Gasteiger charge is 2.31. The molecule has 0 fully saturated rings. The van der Waals surface area contributed by atoms with Gasteiger partial charge in [0, 0.05) is 17.8 Å². The Kier molecular flexibility index (Phi) is 9.50. The monoisotopic (exact) mass is 545 g/mol. The summed E-state index contributed by atoms with van der Waals surface area (Å²) >= 11 is 0. The summed E-state index contributed by atoms with van der Waals surface area (Å²) in [5.74, 6) is -2.85. The van der Waals surface area contributed by atoms with E-state index in [0.29, 0.717) is 11.8 Å². The van der Waals surface area contributed by atoms with Crippen LogP contribution in [0.25, 0.3) is 0 Å². The van der Waals surface area contributed by atoms with Crippen LogP contribution in [0.1, 0.15) is 40.8 Å². The zero-order valence-corrected chi connectivity index (χ0v) is 19.5. The third-order valence-electron chi connectivity index (χ3n) is 5.47. The predicted molar refractivity (Wildman–Crippen MR) is 122 cm³/mol. The second-order valence-corrected chi connectivity index (χ2v) is 7.97. The molecule has 13 heteroatoms. The van der Waals surface area contributed by atoms with Crippen molar-refractivity contribution in [2.75, 3.05) is 6.54 Å². The standard InChI is InChI=1S/C25H22F7N3O3/c26-23(27)37-19-9-6-15(12-20(19)38-24(28)29)17(18-8-7-16(13-35-18)25(30,31)32)10-11-34-21(22(33)36)14-4-2-1-3-5-14/h1-9,12-13,17,21,23-24,34H,10-11H2,(H2,33,36). The third-order valence-corrected chi connectivity index (χ3v) is 5.47. The zero-order valence-electron chi connectivity index (χ0n) is 19.5. The van der Waals surface area contributed by atoms with Crippen LogP contribution in [-0.4, -0.2) is 30.7 Å². The SMILES string of the molecule is NC(=O)C(NCCC(c1ccc(OC(F)F)c(OC(F)F)c1)c1ccc(C(F)(F)F)cn1)c1ccccc1. The number of primary amides is 1. The van der Waals surface area contributed by atoms with Gasteiger partial charge in [0.25, 0.3) is 0 Å². The van der Waals surface area contributed by atoms with Crippen LogP contribution in [0.15, 0.2) is 66.9 Å². The van der Waals surface area contributed by atoms with E-state index in [1.54, 1.807) is 30.3 Å². The zero-order chi connectivity index (χ0) is 27.9. The van der Waals surface area contributed by atoms with Crippen molar-refractivity contribution in [3.8, 4) is 11.5 Å². The van der Waals surface area contributed by atoms with Gasteiger partial charge in [0.2, 0.25) is 5.91 Å². The van der Waals surface area contributed by atoms with Gasteiger partial charge in [0.15, 0.2) is 11.5 Å². The van der Waals surface area contributed by atoms with Crippen LogP contribution in [0.4, 0.5) is 30.7 Å². The molecular formula is C25H22F7N3O3. The Hall–Kier alpha value is -3.87. The molecule has 0 aliphatic heterocycles. The van der Waals surface area contributed by atoms with Crippen LogP contribution in [0, 0.1) is 0 Å². The molecule has 1 amide bonds. The molecule has 1 aromatic heterocycles. The minimum Gasteiger partial charge on any atom is -0.431 e. The lowest BCUT2D eigenvalue weighted by molar-refractivity contribution is -0.137. The summed E-state index contributed by atoms with van der Waals surface area (Å²) in [6.45, 7) is -6.60. The van der Waals surface area contributed by atoms with E-state index in [0.717, 1.165) is 24.3 Å². The summed E-state index contributed by atoms with van der Waals surface area (Å²) in [6.07, 6.45) is -3.92. The number of carbonyl (C=O) groups is 1. The number of benzene rings is 2. The highest BCUT2D eigenvalue weighted by Crippen LogP contribution is 2.37. The van der Waals surface area contributed by atoms with Gasteiger partial charge in [-0.1, -0.05) is 36.4 Å². The van der Waals surface area contributed by atoms with Crippen molar-refractivity contribution < 1.29 is 45.0 Å². The molecule has 2 unspecified atom stereocenters. The van der Waals surface area contributed by atoms with E-state index < -0.39 is 54.3 Å². The van der Waals surface area contributed by atoms with Crippen LogP contribution < -0.4 is 20.5 Å². The van der Waals surface area contributed by atoms with Crippen molar-refractivity contribution in [3.63, 3.8) is 0 Å². The summed E-state index contributed by atoms with van der Waals surface area (Å²) in [5, 5.41) is 2.97. The molecule has 38 heavy (non-hydrogen) atoms. The van der Waals surface area contributed by atoms with E-state index in [-0.39, 0.29) is 24.2 Å². The Bertz CT molecular complexity index is 1190. The average molecular weight is 545 g/mol. The van der Waals surface area contributed by atoms with Crippen LogP contribution in [-0.2, 0) is 11.0 Å². The average Bonchev–Trinajstić information content (AvgIpc) is 2.84. The van der Waals surface area contributed by atoms with Crippen molar-refractivity contribution in [3.05, 3.63) is 89.2 Å². The fraction of sp³-hybridized carbons (Fsp3) is 0.280. The Labute approximate surface area is 212 Å².